The molecule has 0 radical (unpaired) electrons. The van der Waals surface area contributed by atoms with E-state index in [1.54, 1.807) is 36.4 Å². The summed E-state index contributed by atoms with van der Waals surface area (Å²) in [4.78, 5) is 0.328. The molecule has 0 N–H and O–H groups in total. The lowest BCUT2D eigenvalue weighted by molar-refractivity contribution is 0.594. The molecule has 3 aromatic carbocycles. The number of hydrogen-bond donors (Lipinski definition) is 0. The van der Waals surface area contributed by atoms with E-state index in [1.807, 2.05) is 24.3 Å². The van der Waals surface area contributed by atoms with E-state index in [9.17, 15) is 16.8 Å². The van der Waals surface area contributed by atoms with Crippen LogP contribution >= 0.6 is 0 Å². The molecule has 0 aliphatic heterocycles. The van der Waals surface area contributed by atoms with Crippen molar-refractivity contribution in [2.75, 3.05) is 0 Å². The van der Waals surface area contributed by atoms with Crippen LogP contribution in [0.1, 0.15) is 29.4 Å². The Morgan fingerprint density at radius 2 is 0.862 bits per heavy atom. The number of benzene rings is 3. The molecule has 146 valence electrons. The van der Waals surface area contributed by atoms with Crippen LogP contribution in [0.4, 0.5) is 0 Å². The normalized spacial score (nSPS) is 20.7. The van der Waals surface area contributed by atoms with Crippen LogP contribution in [0.15, 0.2) is 105 Å². The maximum atomic E-state index is 13.6. The third-order valence-corrected chi connectivity index (χ3v) is 9.86. The Morgan fingerprint density at radius 1 is 0.517 bits per heavy atom. The molecule has 29 heavy (non-hydrogen) atoms. The lowest BCUT2D eigenvalue weighted by Crippen LogP contribution is -2.19. The molecule has 0 amide bonds. The van der Waals surface area contributed by atoms with Gasteiger partial charge in [0.05, 0.1) is 19.6 Å². The van der Waals surface area contributed by atoms with E-state index in [0.717, 1.165) is 11.1 Å². The Labute approximate surface area is 170 Å². The first-order valence-corrected chi connectivity index (χ1v) is 12.3. The number of sulfone groups is 2. The van der Waals surface area contributed by atoms with Crippen molar-refractivity contribution in [1.29, 1.82) is 0 Å². The van der Waals surface area contributed by atoms with Crippen molar-refractivity contribution < 1.29 is 16.8 Å². The van der Waals surface area contributed by atoms with Crippen molar-refractivity contribution >= 4 is 19.7 Å². The number of hydrogen-bond acceptors (Lipinski definition) is 4. The van der Waals surface area contributed by atoms with Crippen molar-refractivity contribution in [3.05, 3.63) is 106 Å². The van der Waals surface area contributed by atoms with Gasteiger partial charge >= 0.3 is 0 Å². The third kappa shape index (κ3) is 2.63. The molecule has 0 fully saturated rings. The van der Waals surface area contributed by atoms with E-state index < -0.39 is 31.5 Å². The van der Waals surface area contributed by atoms with Crippen LogP contribution in [0.5, 0.6) is 0 Å². The molecule has 2 atom stereocenters. The van der Waals surface area contributed by atoms with Crippen molar-refractivity contribution in [3.63, 3.8) is 0 Å². The predicted molar refractivity (Wildman–Crippen MR) is 111 cm³/mol. The number of rotatable bonds is 4. The summed E-state index contributed by atoms with van der Waals surface area (Å²) in [7, 11) is -7.90. The maximum absolute atomic E-state index is 13.6. The monoisotopic (exact) mass is 422 g/mol. The van der Waals surface area contributed by atoms with Gasteiger partial charge in [0, 0.05) is 11.8 Å². The fourth-order valence-corrected chi connectivity index (χ4v) is 8.77. The summed E-state index contributed by atoms with van der Waals surface area (Å²) in [5.74, 6) is -0.871. The Hall–Kier alpha value is -2.70. The van der Waals surface area contributed by atoms with Gasteiger partial charge in [-0.2, -0.15) is 0 Å². The van der Waals surface area contributed by atoms with E-state index in [1.165, 1.54) is 24.3 Å². The third-order valence-electron chi connectivity index (χ3n) is 5.78. The predicted octanol–water partition coefficient (Wildman–Crippen LogP) is 4.43. The van der Waals surface area contributed by atoms with Gasteiger partial charge < -0.3 is 0 Å². The Morgan fingerprint density at radius 3 is 1.24 bits per heavy atom. The molecule has 4 nitrogen and oxygen atoms in total. The van der Waals surface area contributed by atoms with Gasteiger partial charge in [0.2, 0.25) is 19.7 Å². The molecule has 2 aliphatic rings. The van der Waals surface area contributed by atoms with Crippen molar-refractivity contribution in [2.45, 2.75) is 28.0 Å². The van der Waals surface area contributed by atoms with Gasteiger partial charge in [-0.3, -0.25) is 0 Å². The highest BCUT2D eigenvalue weighted by atomic mass is 32.2. The summed E-state index contributed by atoms with van der Waals surface area (Å²) in [6.45, 7) is 0. The standard InChI is InChI=1S/C23H18O4S2/c24-28(25,16-9-3-1-4-10-16)22-20-15-21(19-14-8-7-13-18(19)20)23(22)29(26,27)17-11-5-2-6-12-17/h1-14,20-21H,15H2. The van der Waals surface area contributed by atoms with Crippen molar-refractivity contribution in [3.8, 4) is 0 Å². The minimum Gasteiger partial charge on any atom is -0.219 e. The van der Waals surface area contributed by atoms with E-state index in [2.05, 4.69) is 0 Å². The summed E-state index contributed by atoms with van der Waals surface area (Å²) in [5.41, 5.74) is 1.83. The first-order valence-electron chi connectivity index (χ1n) is 9.35. The highest BCUT2D eigenvalue weighted by Crippen LogP contribution is 2.60. The zero-order valence-electron chi connectivity index (χ0n) is 15.4. The van der Waals surface area contributed by atoms with Crippen molar-refractivity contribution in [2.24, 2.45) is 0 Å². The molecule has 5 rings (SSSR count). The van der Waals surface area contributed by atoms with Gasteiger partial charge in [0.15, 0.2) is 0 Å². The molecule has 0 aromatic heterocycles. The zero-order valence-corrected chi connectivity index (χ0v) is 17.0. The summed E-state index contributed by atoms with van der Waals surface area (Å²) >= 11 is 0. The first kappa shape index (κ1) is 18.3. The molecule has 6 heteroatoms. The van der Waals surface area contributed by atoms with Gasteiger partial charge in [0.25, 0.3) is 0 Å². The smallest absolute Gasteiger partial charge is 0.204 e. The molecule has 0 heterocycles. The lowest BCUT2D eigenvalue weighted by Gasteiger charge is -2.23. The average molecular weight is 423 g/mol. The van der Waals surface area contributed by atoms with Gasteiger partial charge in [-0.05, 0) is 41.8 Å². The van der Waals surface area contributed by atoms with Crippen LogP contribution < -0.4 is 0 Å². The molecule has 2 unspecified atom stereocenters. The van der Waals surface area contributed by atoms with Gasteiger partial charge in [-0.1, -0.05) is 60.7 Å². The average Bonchev–Trinajstić information content (AvgIpc) is 3.33. The van der Waals surface area contributed by atoms with E-state index >= 15 is 0 Å². The second-order valence-electron chi connectivity index (χ2n) is 7.33. The molecule has 3 aromatic rings. The quantitative estimate of drug-likeness (QED) is 0.624. The van der Waals surface area contributed by atoms with Crippen LogP contribution in [0.25, 0.3) is 0 Å². The minimum absolute atomic E-state index is 0.0382. The largest absolute Gasteiger partial charge is 0.219 e. The highest BCUT2D eigenvalue weighted by molar-refractivity contribution is 7.99. The fraction of sp³-hybridized carbons (Fsp3) is 0.130. The topological polar surface area (TPSA) is 68.3 Å². The number of fused-ring (bicyclic) bond motifs is 5. The summed E-state index contributed by atoms with van der Waals surface area (Å²) in [6.07, 6.45) is 0.474. The van der Waals surface area contributed by atoms with Gasteiger partial charge in [-0.25, -0.2) is 16.8 Å². The molecule has 2 aliphatic carbocycles. The summed E-state index contributed by atoms with van der Waals surface area (Å²) in [5, 5.41) is 0. The summed E-state index contributed by atoms with van der Waals surface area (Å²) < 4.78 is 54.4. The van der Waals surface area contributed by atoms with Crippen LogP contribution in [0.3, 0.4) is 0 Å². The Balaban J connectivity index is 1.81. The SMILES string of the molecule is O=S(=O)(C1=C(S(=O)(=O)c2ccccc2)C2CC1c1ccccc12)c1ccccc1. The minimum atomic E-state index is -3.95. The van der Waals surface area contributed by atoms with E-state index in [4.69, 9.17) is 0 Å². The maximum Gasteiger partial charge on any atom is 0.204 e. The molecule has 0 saturated heterocycles. The molecule has 0 saturated carbocycles. The Kier molecular flexibility index (Phi) is 4.05. The van der Waals surface area contributed by atoms with E-state index in [0.29, 0.717) is 6.42 Å². The summed E-state index contributed by atoms with van der Waals surface area (Å²) in [6, 6.07) is 23.7. The van der Waals surface area contributed by atoms with Crippen LogP contribution in [-0.4, -0.2) is 16.8 Å². The second-order valence-corrected chi connectivity index (χ2v) is 11.2. The number of allylic oxidation sites excluding steroid dienone is 2. The molecule has 0 spiro atoms. The van der Waals surface area contributed by atoms with Gasteiger partial charge in [0.1, 0.15) is 0 Å². The highest BCUT2D eigenvalue weighted by Gasteiger charge is 2.52. The fourth-order valence-electron chi connectivity index (χ4n) is 4.57. The second kappa shape index (κ2) is 6.40. The van der Waals surface area contributed by atoms with Crippen LogP contribution in [-0.2, 0) is 19.7 Å². The first-order chi connectivity index (χ1) is 13.9. The lowest BCUT2D eigenvalue weighted by atomic mass is 9.97. The van der Waals surface area contributed by atoms with Crippen molar-refractivity contribution in [1.82, 2.24) is 0 Å². The van der Waals surface area contributed by atoms with Gasteiger partial charge in [-0.15, -0.1) is 0 Å². The molecule has 2 bridgehead atoms. The Bertz CT molecular complexity index is 1240. The zero-order chi connectivity index (χ0) is 20.2. The molecular weight excluding hydrogens is 404 g/mol. The molecular formula is C23H18O4S2. The van der Waals surface area contributed by atoms with Crippen LogP contribution in [0, 0.1) is 0 Å². The van der Waals surface area contributed by atoms with Crippen LogP contribution in [0.2, 0.25) is 0 Å². The van der Waals surface area contributed by atoms with E-state index in [-0.39, 0.29) is 19.6 Å².